The van der Waals surface area contributed by atoms with Gasteiger partial charge in [0.25, 0.3) is 0 Å². The molecule has 0 aromatic heterocycles. The van der Waals surface area contributed by atoms with E-state index < -0.39 is 11.5 Å². The molecule has 6 heteroatoms. The van der Waals surface area contributed by atoms with Crippen LogP contribution >= 0.6 is 0 Å². The van der Waals surface area contributed by atoms with Crippen LogP contribution in [0.25, 0.3) is 0 Å². The van der Waals surface area contributed by atoms with Crippen LogP contribution < -0.4 is 4.74 Å². The van der Waals surface area contributed by atoms with Crippen LogP contribution in [-0.4, -0.2) is 38.4 Å². The first kappa shape index (κ1) is 18.1. The van der Waals surface area contributed by atoms with E-state index in [1.165, 1.54) is 30.3 Å². The molecule has 0 bridgehead atoms. The second-order valence-electron chi connectivity index (χ2n) is 7.22. The lowest BCUT2D eigenvalue weighted by Gasteiger charge is -2.27. The molecule has 1 aliphatic rings. The van der Waals surface area contributed by atoms with Crippen molar-refractivity contribution in [2.45, 2.75) is 38.2 Å². The summed E-state index contributed by atoms with van der Waals surface area (Å²) in [4.78, 5) is 12.9. The molecule has 0 saturated carbocycles. The van der Waals surface area contributed by atoms with Crippen LogP contribution in [0.1, 0.15) is 47.7 Å². The highest BCUT2D eigenvalue weighted by Crippen LogP contribution is 2.41. The number of rotatable bonds is 4. The number of fused-ring (bicyclic) bond motifs is 1. The Morgan fingerprint density at radius 2 is 1.85 bits per heavy atom. The van der Waals surface area contributed by atoms with Crippen molar-refractivity contribution in [2.75, 3.05) is 6.61 Å². The van der Waals surface area contributed by atoms with Crippen molar-refractivity contribution < 1.29 is 30.0 Å². The number of hydrogen-bond donors (Lipinski definition) is 4. The van der Waals surface area contributed by atoms with E-state index in [0.717, 1.165) is 0 Å². The number of carbonyl (C=O) groups is 1. The fourth-order valence-corrected chi connectivity index (χ4v) is 3.14. The second kappa shape index (κ2) is 6.53. The number of aromatic hydroxyl groups is 3. The van der Waals surface area contributed by atoms with Crippen LogP contribution in [0.5, 0.6) is 23.0 Å². The van der Waals surface area contributed by atoms with Crippen molar-refractivity contribution in [2.24, 2.45) is 0 Å². The number of aliphatic hydroxyl groups is 1. The van der Waals surface area contributed by atoms with Gasteiger partial charge < -0.3 is 25.2 Å². The molecule has 1 atom stereocenters. The Kier molecular flexibility index (Phi) is 4.54. The molecule has 0 amide bonds. The van der Waals surface area contributed by atoms with Crippen molar-refractivity contribution in [1.29, 1.82) is 0 Å². The molecule has 0 saturated heterocycles. The molecule has 1 heterocycles. The molecule has 0 spiro atoms. The zero-order valence-corrected chi connectivity index (χ0v) is 14.7. The topological polar surface area (TPSA) is 107 Å². The standard InChI is InChI=1S/C20H22O6/c1-20(2,25)8-7-13-16(22)6-5-14-18(24)15(10-26-19(13)14)12-4-3-11(21)9-17(12)23/h3-6,9,15,21-23,25H,7-8,10H2,1-2H3. The van der Waals surface area contributed by atoms with Crippen LogP contribution in [0.4, 0.5) is 0 Å². The van der Waals surface area contributed by atoms with Gasteiger partial charge in [-0.3, -0.25) is 4.79 Å². The lowest BCUT2D eigenvalue weighted by Crippen LogP contribution is -2.27. The molecule has 1 aliphatic heterocycles. The molecule has 2 aromatic carbocycles. The van der Waals surface area contributed by atoms with E-state index in [-0.39, 0.29) is 29.6 Å². The van der Waals surface area contributed by atoms with Crippen molar-refractivity contribution in [3.05, 3.63) is 47.0 Å². The summed E-state index contributed by atoms with van der Waals surface area (Å²) in [6.45, 7) is 3.37. The fourth-order valence-electron chi connectivity index (χ4n) is 3.14. The number of hydrogen-bond acceptors (Lipinski definition) is 6. The Bertz CT molecular complexity index is 850. The summed E-state index contributed by atoms with van der Waals surface area (Å²) in [6.07, 6.45) is 0.762. The molecule has 26 heavy (non-hydrogen) atoms. The van der Waals surface area contributed by atoms with Crippen LogP contribution in [0.2, 0.25) is 0 Å². The minimum Gasteiger partial charge on any atom is -0.508 e. The van der Waals surface area contributed by atoms with E-state index in [9.17, 15) is 25.2 Å². The maximum absolute atomic E-state index is 12.9. The number of ether oxygens (including phenoxy) is 1. The SMILES string of the molecule is CC(C)(O)CCc1c(O)ccc2c1OCC(c1ccc(O)cc1O)C2=O. The van der Waals surface area contributed by atoms with Crippen LogP contribution in [-0.2, 0) is 6.42 Å². The van der Waals surface area contributed by atoms with E-state index in [2.05, 4.69) is 0 Å². The summed E-state index contributed by atoms with van der Waals surface area (Å²) in [5, 5.41) is 39.6. The van der Waals surface area contributed by atoms with Gasteiger partial charge in [0, 0.05) is 17.2 Å². The average molecular weight is 358 g/mol. The number of carbonyl (C=O) groups excluding carboxylic acids is 1. The van der Waals surface area contributed by atoms with Gasteiger partial charge in [-0.1, -0.05) is 6.07 Å². The normalized spacial score (nSPS) is 16.9. The van der Waals surface area contributed by atoms with E-state index in [1.807, 2.05) is 0 Å². The Labute approximate surface area is 151 Å². The number of benzene rings is 2. The van der Waals surface area contributed by atoms with Crippen LogP contribution in [0.3, 0.4) is 0 Å². The van der Waals surface area contributed by atoms with Gasteiger partial charge >= 0.3 is 0 Å². The van der Waals surface area contributed by atoms with Gasteiger partial charge in [0.15, 0.2) is 5.78 Å². The first-order valence-corrected chi connectivity index (χ1v) is 8.43. The number of ketones is 1. The predicted molar refractivity (Wildman–Crippen MR) is 95.1 cm³/mol. The molecule has 0 fully saturated rings. The molecule has 0 aliphatic carbocycles. The molecule has 2 aromatic rings. The Hall–Kier alpha value is -2.73. The number of phenols is 3. The summed E-state index contributed by atoms with van der Waals surface area (Å²) in [5.74, 6) is -0.835. The van der Waals surface area contributed by atoms with Gasteiger partial charge in [0.1, 0.15) is 29.6 Å². The van der Waals surface area contributed by atoms with Crippen LogP contribution in [0, 0.1) is 0 Å². The summed E-state index contributed by atoms with van der Waals surface area (Å²) >= 11 is 0. The minimum absolute atomic E-state index is 0.0170. The minimum atomic E-state index is -0.909. The predicted octanol–water partition coefficient (Wildman–Crippen LogP) is 2.87. The first-order chi connectivity index (χ1) is 12.2. The van der Waals surface area contributed by atoms with Crippen molar-refractivity contribution in [3.8, 4) is 23.0 Å². The molecule has 6 nitrogen and oxygen atoms in total. The summed E-state index contributed by atoms with van der Waals surface area (Å²) in [7, 11) is 0. The number of phenolic OH excluding ortho intramolecular Hbond substituents is 3. The van der Waals surface area contributed by atoms with Gasteiger partial charge in [-0.2, -0.15) is 0 Å². The zero-order valence-electron chi connectivity index (χ0n) is 14.7. The second-order valence-corrected chi connectivity index (χ2v) is 7.22. The van der Waals surface area contributed by atoms with Gasteiger partial charge in [-0.25, -0.2) is 0 Å². The molecule has 138 valence electrons. The van der Waals surface area contributed by atoms with Gasteiger partial charge in [-0.15, -0.1) is 0 Å². The summed E-state index contributed by atoms with van der Waals surface area (Å²) < 4.78 is 5.79. The summed E-state index contributed by atoms with van der Waals surface area (Å²) in [5.41, 5.74) is 0.294. The molecular formula is C20H22O6. The maximum atomic E-state index is 12.9. The lowest BCUT2D eigenvalue weighted by atomic mass is 9.86. The van der Waals surface area contributed by atoms with Crippen LogP contribution in [0.15, 0.2) is 30.3 Å². The quantitative estimate of drug-likeness (QED) is 0.669. The third-order valence-corrected chi connectivity index (χ3v) is 4.59. The van der Waals surface area contributed by atoms with E-state index in [4.69, 9.17) is 4.74 Å². The third kappa shape index (κ3) is 3.46. The molecule has 0 radical (unpaired) electrons. The highest BCUT2D eigenvalue weighted by Gasteiger charge is 2.34. The Balaban J connectivity index is 1.96. The lowest BCUT2D eigenvalue weighted by molar-refractivity contribution is 0.0709. The smallest absolute Gasteiger partial charge is 0.177 e. The summed E-state index contributed by atoms with van der Waals surface area (Å²) in [6, 6.07) is 7.04. The first-order valence-electron chi connectivity index (χ1n) is 8.43. The van der Waals surface area contributed by atoms with E-state index >= 15 is 0 Å². The highest BCUT2D eigenvalue weighted by molar-refractivity contribution is 6.05. The third-order valence-electron chi connectivity index (χ3n) is 4.59. The molecular weight excluding hydrogens is 336 g/mol. The van der Waals surface area contributed by atoms with E-state index in [1.54, 1.807) is 13.8 Å². The highest BCUT2D eigenvalue weighted by atomic mass is 16.5. The zero-order chi connectivity index (χ0) is 19.1. The van der Waals surface area contributed by atoms with Crippen molar-refractivity contribution >= 4 is 5.78 Å². The molecule has 1 unspecified atom stereocenters. The Morgan fingerprint density at radius 1 is 1.12 bits per heavy atom. The van der Waals surface area contributed by atoms with Gasteiger partial charge in [-0.05, 0) is 44.9 Å². The van der Waals surface area contributed by atoms with Crippen molar-refractivity contribution in [1.82, 2.24) is 0 Å². The maximum Gasteiger partial charge on any atom is 0.177 e. The average Bonchev–Trinajstić information content (AvgIpc) is 2.54. The van der Waals surface area contributed by atoms with Gasteiger partial charge in [0.2, 0.25) is 0 Å². The molecule has 4 N–H and O–H groups in total. The van der Waals surface area contributed by atoms with E-state index in [0.29, 0.717) is 35.3 Å². The van der Waals surface area contributed by atoms with Gasteiger partial charge in [0.05, 0.1) is 17.1 Å². The number of Topliss-reactive ketones (excluding diaryl/α,β-unsaturated/α-hetero) is 1. The largest absolute Gasteiger partial charge is 0.508 e. The fraction of sp³-hybridized carbons (Fsp3) is 0.350. The van der Waals surface area contributed by atoms with Crippen molar-refractivity contribution in [3.63, 3.8) is 0 Å². The monoisotopic (exact) mass is 358 g/mol. The molecule has 3 rings (SSSR count). The Morgan fingerprint density at radius 3 is 2.50 bits per heavy atom.